The zero-order valence-corrected chi connectivity index (χ0v) is 12.2. The Labute approximate surface area is 103 Å². The Kier molecular flexibility index (Phi) is 2.99. The van der Waals surface area contributed by atoms with E-state index in [0.29, 0.717) is 6.61 Å². The molecule has 0 aromatic carbocycles. The lowest BCUT2D eigenvalue weighted by molar-refractivity contribution is 0.319. The molecule has 92 valence electrons. The Bertz CT molecular complexity index is 540. The van der Waals surface area contributed by atoms with E-state index < -0.39 is 8.07 Å². The first-order valence-electron chi connectivity index (χ1n) is 6.02. The summed E-state index contributed by atoms with van der Waals surface area (Å²) in [5.41, 5.74) is 1.21. The summed E-state index contributed by atoms with van der Waals surface area (Å²) in [6.45, 7) is 9.77. The molecule has 2 aromatic heterocycles. The van der Waals surface area contributed by atoms with E-state index in [2.05, 4.69) is 42.3 Å². The van der Waals surface area contributed by atoms with E-state index in [9.17, 15) is 0 Å². The van der Waals surface area contributed by atoms with Gasteiger partial charge in [0.25, 0.3) is 0 Å². The molecule has 0 radical (unpaired) electrons. The van der Waals surface area contributed by atoms with Gasteiger partial charge in [-0.25, -0.2) is 0 Å². The Balaban J connectivity index is 2.81. The molecule has 2 heterocycles. The van der Waals surface area contributed by atoms with Crippen molar-refractivity contribution in [3.8, 4) is 5.88 Å². The summed E-state index contributed by atoms with van der Waals surface area (Å²) in [6, 6.07) is 2.06. The summed E-state index contributed by atoms with van der Waals surface area (Å²) in [4.78, 5) is 4.25. The number of nitrogens with zero attached hydrogens (tertiary/aromatic N) is 2. The second kappa shape index (κ2) is 4.18. The Morgan fingerprint density at radius 1 is 1.35 bits per heavy atom. The number of ether oxygens (including phenoxy) is 1. The van der Waals surface area contributed by atoms with Crippen LogP contribution in [-0.4, -0.2) is 24.2 Å². The molecule has 0 spiro atoms. The molecule has 4 heteroatoms. The van der Waals surface area contributed by atoms with E-state index in [-0.39, 0.29) is 0 Å². The average molecular weight is 248 g/mol. The van der Waals surface area contributed by atoms with Crippen molar-refractivity contribution in [3.05, 3.63) is 18.5 Å². The van der Waals surface area contributed by atoms with Crippen molar-refractivity contribution in [2.24, 2.45) is 7.05 Å². The molecule has 2 aromatic rings. The van der Waals surface area contributed by atoms with Crippen molar-refractivity contribution in [3.63, 3.8) is 0 Å². The van der Waals surface area contributed by atoms with Gasteiger partial charge < -0.3 is 9.30 Å². The number of aryl methyl sites for hydroxylation is 1. The van der Waals surface area contributed by atoms with Crippen molar-refractivity contribution in [1.29, 1.82) is 0 Å². The topological polar surface area (TPSA) is 27.1 Å². The standard InChI is InChI=1S/C13H20N2OSi/c1-6-16-13-12(17(3,4)5)10-9-14-8-7-11(10)15(13)2/h7-9H,6H2,1-5H3. The molecule has 0 N–H and O–H groups in total. The first-order valence-corrected chi connectivity index (χ1v) is 9.52. The van der Waals surface area contributed by atoms with E-state index in [0.717, 1.165) is 5.88 Å². The third kappa shape index (κ3) is 1.97. The van der Waals surface area contributed by atoms with Gasteiger partial charge in [-0.05, 0) is 13.0 Å². The number of rotatable bonds is 3. The summed E-state index contributed by atoms with van der Waals surface area (Å²) < 4.78 is 8.00. The van der Waals surface area contributed by atoms with Gasteiger partial charge in [0.2, 0.25) is 0 Å². The van der Waals surface area contributed by atoms with Gasteiger partial charge in [-0.2, -0.15) is 0 Å². The maximum Gasteiger partial charge on any atom is 0.193 e. The summed E-state index contributed by atoms with van der Waals surface area (Å²) >= 11 is 0. The minimum Gasteiger partial charge on any atom is -0.479 e. The molecule has 0 bridgehead atoms. The van der Waals surface area contributed by atoms with Crippen LogP contribution in [0.5, 0.6) is 5.88 Å². The van der Waals surface area contributed by atoms with Gasteiger partial charge in [-0.15, -0.1) is 0 Å². The fourth-order valence-corrected chi connectivity index (χ4v) is 4.18. The maximum atomic E-state index is 5.85. The molecule has 0 unspecified atom stereocenters. The predicted molar refractivity (Wildman–Crippen MR) is 74.9 cm³/mol. The number of pyridine rings is 1. The third-order valence-corrected chi connectivity index (χ3v) is 4.96. The second-order valence-corrected chi connectivity index (χ2v) is 10.3. The fraction of sp³-hybridized carbons (Fsp3) is 0.462. The Morgan fingerprint density at radius 2 is 2.06 bits per heavy atom. The monoisotopic (exact) mass is 248 g/mol. The highest BCUT2D eigenvalue weighted by molar-refractivity contribution is 6.91. The molecule has 0 aliphatic carbocycles. The lowest BCUT2D eigenvalue weighted by Crippen LogP contribution is -2.38. The summed E-state index contributed by atoms with van der Waals surface area (Å²) in [5.74, 6) is 1.02. The number of fused-ring (bicyclic) bond motifs is 1. The van der Waals surface area contributed by atoms with Crippen molar-refractivity contribution in [2.45, 2.75) is 26.6 Å². The van der Waals surface area contributed by atoms with Gasteiger partial charge in [0.15, 0.2) is 5.88 Å². The molecular formula is C13H20N2OSi. The van der Waals surface area contributed by atoms with Gasteiger partial charge in [0, 0.05) is 30.0 Å². The van der Waals surface area contributed by atoms with Crippen LogP contribution >= 0.6 is 0 Å². The zero-order chi connectivity index (χ0) is 12.6. The minimum absolute atomic E-state index is 0.703. The van der Waals surface area contributed by atoms with Crippen LogP contribution in [0, 0.1) is 0 Å². The van der Waals surface area contributed by atoms with Crippen LogP contribution in [-0.2, 0) is 7.05 Å². The van der Waals surface area contributed by atoms with Gasteiger partial charge in [-0.3, -0.25) is 4.98 Å². The minimum atomic E-state index is -1.44. The smallest absolute Gasteiger partial charge is 0.193 e. The van der Waals surface area contributed by atoms with Gasteiger partial charge >= 0.3 is 0 Å². The lowest BCUT2D eigenvalue weighted by atomic mass is 10.3. The fourth-order valence-electron chi connectivity index (χ4n) is 2.30. The van der Waals surface area contributed by atoms with Crippen LogP contribution in [0.2, 0.25) is 19.6 Å². The molecule has 17 heavy (non-hydrogen) atoms. The molecule has 0 aliphatic heterocycles. The van der Waals surface area contributed by atoms with Crippen LogP contribution in [0.3, 0.4) is 0 Å². The van der Waals surface area contributed by atoms with Crippen molar-refractivity contribution < 1.29 is 4.74 Å². The quantitative estimate of drug-likeness (QED) is 0.780. The van der Waals surface area contributed by atoms with E-state index in [1.54, 1.807) is 0 Å². The third-order valence-electron chi connectivity index (χ3n) is 2.98. The molecule has 0 aliphatic rings. The van der Waals surface area contributed by atoms with Crippen LogP contribution in [0.1, 0.15) is 6.92 Å². The Hall–Kier alpha value is -1.29. The number of hydrogen-bond acceptors (Lipinski definition) is 2. The van der Waals surface area contributed by atoms with E-state index in [1.807, 2.05) is 19.3 Å². The largest absolute Gasteiger partial charge is 0.479 e. The molecular weight excluding hydrogens is 228 g/mol. The molecule has 2 rings (SSSR count). The van der Waals surface area contributed by atoms with Crippen LogP contribution in [0.15, 0.2) is 18.5 Å². The van der Waals surface area contributed by atoms with Crippen LogP contribution in [0.25, 0.3) is 10.9 Å². The van der Waals surface area contributed by atoms with E-state index >= 15 is 0 Å². The SMILES string of the molecule is CCOc1c([Si](C)(C)C)c2cnccc2n1C. The molecule has 0 saturated carbocycles. The molecule has 0 amide bonds. The van der Waals surface area contributed by atoms with Crippen LogP contribution in [0.4, 0.5) is 0 Å². The summed E-state index contributed by atoms with van der Waals surface area (Å²) in [5, 5.41) is 2.63. The predicted octanol–water partition coefficient (Wildman–Crippen LogP) is 2.52. The van der Waals surface area contributed by atoms with E-state index in [1.165, 1.54) is 16.1 Å². The summed E-state index contributed by atoms with van der Waals surface area (Å²) in [7, 11) is 0.622. The summed E-state index contributed by atoms with van der Waals surface area (Å²) in [6.07, 6.45) is 3.80. The van der Waals surface area contributed by atoms with E-state index in [4.69, 9.17) is 4.74 Å². The first kappa shape index (κ1) is 12.2. The highest BCUT2D eigenvalue weighted by atomic mass is 28.3. The Morgan fingerprint density at radius 3 is 2.65 bits per heavy atom. The normalized spacial score (nSPS) is 12.1. The first-order chi connectivity index (χ1) is 7.96. The van der Waals surface area contributed by atoms with Crippen molar-refractivity contribution >= 4 is 24.2 Å². The number of aromatic nitrogens is 2. The van der Waals surface area contributed by atoms with Crippen molar-refractivity contribution in [2.75, 3.05) is 6.61 Å². The van der Waals surface area contributed by atoms with Crippen molar-refractivity contribution in [1.82, 2.24) is 9.55 Å². The maximum absolute atomic E-state index is 5.85. The zero-order valence-electron chi connectivity index (χ0n) is 11.2. The molecule has 0 atom stereocenters. The van der Waals surface area contributed by atoms with Gasteiger partial charge in [0.05, 0.1) is 20.2 Å². The molecule has 0 saturated heterocycles. The highest BCUT2D eigenvalue weighted by Crippen LogP contribution is 2.25. The molecule has 3 nitrogen and oxygen atoms in total. The van der Waals surface area contributed by atoms with Gasteiger partial charge in [0.1, 0.15) is 0 Å². The van der Waals surface area contributed by atoms with Crippen LogP contribution < -0.4 is 9.92 Å². The number of hydrogen-bond donors (Lipinski definition) is 0. The highest BCUT2D eigenvalue weighted by Gasteiger charge is 2.28. The van der Waals surface area contributed by atoms with Gasteiger partial charge in [-0.1, -0.05) is 19.6 Å². The molecule has 0 fully saturated rings. The average Bonchev–Trinajstić information content (AvgIpc) is 2.53. The lowest BCUT2D eigenvalue weighted by Gasteiger charge is -2.18. The second-order valence-electron chi connectivity index (χ2n) is 5.32.